The zero-order valence-corrected chi connectivity index (χ0v) is 11.3. The SMILES string of the molecule is COC(=O)[C@H](CSCc1ccccc1)NC(C)=O. The van der Waals surface area contributed by atoms with Crippen LogP contribution in [0.25, 0.3) is 0 Å². The van der Waals surface area contributed by atoms with E-state index >= 15 is 0 Å². The zero-order valence-electron chi connectivity index (χ0n) is 10.5. The van der Waals surface area contributed by atoms with Gasteiger partial charge in [-0.15, -0.1) is 0 Å². The second-order valence-electron chi connectivity index (χ2n) is 3.78. The Balaban J connectivity index is 2.42. The van der Waals surface area contributed by atoms with Crippen LogP contribution in [0.15, 0.2) is 30.3 Å². The van der Waals surface area contributed by atoms with E-state index in [1.807, 2.05) is 30.3 Å². The molecule has 0 saturated carbocycles. The third kappa shape index (κ3) is 5.23. The van der Waals surface area contributed by atoms with E-state index < -0.39 is 12.0 Å². The minimum atomic E-state index is -0.582. The molecule has 0 bridgehead atoms. The number of hydrogen-bond acceptors (Lipinski definition) is 4. The highest BCUT2D eigenvalue weighted by atomic mass is 32.2. The standard InChI is InChI=1S/C13H17NO3S/c1-10(15)14-12(13(16)17-2)9-18-8-11-6-4-3-5-7-11/h3-7,12H,8-9H2,1-2H3,(H,14,15)/t12-/m0/s1. The summed E-state index contributed by atoms with van der Waals surface area (Å²) in [6, 6.07) is 9.38. The third-order valence-electron chi connectivity index (χ3n) is 2.26. The first-order chi connectivity index (χ1) is 8.63. The van der Waals surface area contributed by atoms with Gasteiger partial charge in [0.1, 0.15) is 6.04 Å². The highest BCUT2D eigenvalue weighted by Crippen LogP contribution is 2.13. The Bertz CT molecular complexity index is 394. The number of hydrogen-bond donors (Lipinski definition) is 1. The van der Waals surface area contributed by atoms with Crippen molar-refractivity contribution < 1.29 is 14.3 Å². The Kier molecular flexibility index (Phi) is 6.28. The lowest BCUT2D eigenvalue weighted by molar-refractivity contribution is -0.144. The summed E-state index contributed by atoms with van der Waals surface area (Å²) < 4.78 is 4.65. The van der Waals surface area contributed by atoms with Gasteiger partial charge in [-0.05, 0) is 5.56 Å². The maximum Gasteiger partial charge on any atom is 0.329 e. The second-order valence-corrected chi connectivity index (χ2v) is 4.81. The van der Waals surface area contributed by atoms with Crippen LogP contribution in [0.4, 0.5) is 0 Å². The normalized spacial score (nSPS) is 11.7. The number of rotatable bonds is 6. The average molecular weight is 267 g/mol. The van der Waals surface area contributed by atoms with Gasteiger partial charge in [0.15, 0.2) is 0 Å². The van der Waals surface area contributed by atoms with Crippen LogP contribution in [0, 0.1) is 0 Å². The fourth-order valence-corrected chi connectivity index (χ4v) is 2.43. The zero-order chi connectivity index (χ0) is 13.4. The molecule has 0 radical (unpaired) electrons. The van der Waals surface area contributed by atoms with E-state index in [4.69, 9.17) is 0 Å². The van der Waals surface area contributed by atoms with E-state index in [0.29, 0.717) is 5.75 Å². The number of amides is 1. The maximum atomic E-state index is 11.4. The Morgan fingerprint density at radius 2 is 2.00 bits per heavy atom. The van der Waals surface area contributed by atoms with E-state index in [-0.39, 0.29) is 5.91 Å². The van der Waals surface area contributed by atoms with Crippen LogP contribution in [0.3, 0.4) is 0 Å². The molecule has 0 aliphatic rings. The van der Waals surface area contributed by atoms with Gasteiger partial charge in [0.2, 0.25) is 5.91 Å². The summed E-state index contributed by atoms with van der Waals surface area (Å²) >= 11 is 1.58. The van der Waals surface area contributed by atoms with Crippen molar-refractivity contribution in [2.45, 2.75) is 18.7 Å². The summed E-state index contributed by atoms with van der Waals surface area (Å²) in [5, 5.41) is 2.58. The molecule has 0 unspecified atom stereocenters. The van der Waals surface area contributed by atoms with Gasteiger partial charge in [0.25, 0.3) is 0 Å². The lowest BCUT2D eigenvalue weighted by atomic mass is 10.2. The minimum Gasteiger partial charge on any atom is -0.467 e. The molecule has 0 spiro atoms. The number of ether oxygens (including phenoxy) is 1. The Morgan fingerprint density at radius 3 is 2.56 bits per heavy atom. The topological polar surface area (TPSA) is 55.4 Å². The molecule has 4 nitrogen and oxygen atoms in total. The summed E-state index contributed by atoms with van der Waals surface area (Å²) in [6.45, 7) is 1.39. The molecule has 98 valence electrons. The van der Waals surface area contributed by atoms with Crippen molar-refractivity contribution in [3.8, 4) is 0 Å². The molecule has 1 N–H and O–H groups in total. The number of thioether (sulfide) groups is 1. The molecule has 1 rings (SSSR count). The summed E-state index contributed by atoms with van der Waals surface area (Å²) in [4.78, 5) is 22.4. The molecule has 1 amide bonds. The molecule has 1 atom stereocenters. The number of nitrogens with one attached hydrogen (secondary N) is 1. The van der Waals surface area contributed by atoms with Gasteiger partial charge in [0.05, 0.1) is 7.11 Å². The first kappa shape index (κ1) is 14.6. The van der Waals surface area contributed by atoms with Crippen molar-refractivity contribution >= 4 is 23.6 Å². The average Bonchev–Trinajstić information content (AvgIpc) is 2.37. The predicted octanol–water partition coefficient (Wildman–Crippen LogP) is 1.60. The fraction of sp³-hybridized carbons (Fsp3) is 0.385. The summed E-state index contributed by atoms with van der Waals surface area (Å²) in [5.74, 6) is 0.659. The van der Waals surface area contributed by atoms with Crippen LogP contribution in [0.1, 0.15) is 12.5 Å². The molecule has 1 aromatic carbocycles. The summed E-state index contributed by atoms with van der Waals surface area (Å²) in [5.41, 5.74) is 1.19. The van der Waals surface area contributed by atoms with Gasteiger partial charge >= 0.3 is 5.97 Å². The van der Waals surface area contributed by atoms with Crippen LogP contribution in [0.5, 0.6) is 0 Å². The van der Waals surface area contributed by atoms with Crippen molar-refractivity contribution in [1.82, 2.24) is 5.32 Å². The number of carbonyl (C=O) groups excluding carboxylic acids is 2. The fourth-order valence-electron chi connectivity index (χ4n) is 1.43. The maximum absolute atomic E-state index is 11.4. The van der Waals surface area contributed by atoms with E-state index in [1.54, 1.807) is 11.8 Å². The van der Waals surface area contributed by atoms with Crippen molar-refractivity contribution in [3.05, 3.63) is 35.9 Å². The molecular formula is C13H17NO3S. The third-order valence-corrected chi connectivity index (χ3v) is 3.37. The Morgan fingerprint density at radius 1 is 1.33 bits per heavy atom. The smallest absolute Gasteiger partial charge is 0.329 e. The molecule has 0 saturated heterocycles. The Labute approximate surface area is 111 Å². The van der Waals surface area contributed by atoms with Crippen molar-refractivity contribution in [2.24, 2.45) is 0 Å². The van der Waals surface area contributed by atoms with Gasteiger partial charge in [-0.1, -0.05) is 30.3 Å². The van der Waals surface area contributed by atoms with E-state index in [9.17, 15) is 9.59 Å². The van der Waals surface area contributed by atoms with E-state index in [0.717, 1.165) is 5.75 Å². The quantitative estimate of drug-likeness (QED) is 0.795. The van der Waals surface area contributed by atoms with Crippen molar-refractivity contribution in [1.29, 1.82) is 0 Å². The number of methoxy groups -OCH3 is 1. The van der Waals surface area contributed by atoms with Gasteiger partial charge in [-0.25, -0.2) is 4.79 Å². The van der Waals surface area contributed by atoms with Crippen molar-refractivity contribution in [3.63, 3.8) is 0 Å². The molecule has 0 aliphatic carbocycles. The highest BCUT2D eigenvalue weighted by Gasteiger charge is 2.19. The van der Waals surface area contributed by atoms with Crippen LogP contribution >= 0.6 is 11.8 Å². The van der Waals surface area contributed by atoms with Crippen LogP contribution in [0.2, 0.25) is 0 Å². The van der Waals surface area contributed by atoms with Crippen LogP contribution < -0.4 is 5.32 Å². The number of benzene rings is 1. The first-order valence-electron chi connectivity index (χ1n) is 5.60. The van der Waals surface area contributed by atoms with E-state index in [1.165, 1.54) is 19.6 Å². The van der Waals surface area contributed by atoms with Gasteiger partial charge < -0.3 is 10.1 Å². The van der Waals surface area contributed by atoms with E-state index in [2.05, 4.69) is 10.1 Å². The lowest BCUT2D eigenvalue weighted by Crippen LogP contribution is -2.42. The molecule has 0 aromatic heterocycles. The summed E-state index contributed by atoms with van der Waals surface area (Å²) in [6.07, 6.45) is 0. The lowest BCUT2D eigenvalue weighted by Gasteiger charge is -2.14. The second kappa shape index (κ2) is 7.76. The van der Waals surface area contributed by atoms with Gasteiger partial charge in [-0.3, -0.25) is 4.79 Å². The molecule has 0 aliphatic heterocycles. The predicted molar refractivity (Wildman–Crippen MR) is 72.2 cm³/mol. The molecule has 18 heavy (non-hydrogen) atoms. The number of carbonyl (C=O) groups is 2. The molecule has 1 aromatic rings. The molecule has 0 heterocycles. The van der Waals surface area contributed by atoms with Crippen LogP contribution in [-0.2, 0) is 20.1 Å². The summed E-state index contributed by atoms with van der Waals surface area (Å²) in [7, 11) is 1.32. The van der Waals surface area contributed by atoms with Crippen LogP contribution in [-0.4, -0.2) is 30.8 Å². The molecular weight excluding hydrogens is 250 g/mol. The number of esters is 1. The largest absolute Gasteiger partial charge is 0.467 e. The van der Waals surface area contributed by atoms with Gasteiger partial charge in [-0.2, -0.15) is 11.8 Å². The highest BCUT2D eigenvalue weighted by molar-refractivity contribution is 7.98. The minimum absolute atomic E-state index is 0.231. The first-order valence-corrected chi connectivity index (χ1v) is 6.75. The monoisotopic (exact) mass is 267 g/mol. The molecule has 0 fully saturated rings. The Hall–Kier alpha value is -1.49. The van der Waals surface area contributed by atoms with Gasteiger partial charge in [0, 0.05) is 18.4 Å². The molecule has 5 heteroatoms. The van der Waals surface area contributed by atoms with Crippen molar-refractivity contribution in [2.75, 3.05) is 12.9 Å².